The third-order valence-corrected chi connectivity index (χ3v) is 5.65. The Labute approximate surface area is 162 Å². The fraction of sp³-hybridized carbons (Fsp3) is 0.450. The van der Waals surface area contributed by atoms with Gasteiger partial charge in [-0.2, -0.15) is 0 Å². The first-order valence-electron chi connectivity index (χ1n) is 9.42. The molecule has 1 saturated carbocycles. The lowest BCUT2D eigenvalue weighted by molar-refractivity contribution is 0.293. The summed E-state index contributed by atoms with van der Waals surface area (Å²) in [6.45, 7) is 4.18. The highest BCUT2D eigenvalue weighted by Gasteiger charge is 2.22. The Hall–Kier alpha value is -2.21. The Kier molecular flexibility index (Phi) is 4.76. The van der Waals surface area contributed by atoms with E-state index in [-0.39, 0.29) is 17.8 Å². The van der Waals surface area contributed by atoms with Crippen LogP contribution in [0.5, 0.6) is 0 Å². The van der Waals surface area contributed by atoms with Crippen LogP contribution in [-0.4, -0.2) is 19.5 Å². The summed E-state index contributed by atoms with van der Waals surface area (Å²) in [7, 11) is 0. The number of nitrogen functional groups attached to an aromatic ring is 1. The summed E-state index contributed by atoms with van der Waals surface area (Å²) in [5, 5.41) is 0.337. The van der Waals surface area contributed by atoms with E-state index in [0.717, 1.165) is 30.1 Å². The van der Waals surface area contributed by atoms with Gasteiger partial charge in [0.15, 0.2) is 5.82 Å². The smallest absolute Gasteiger partial charge is 0.220 e. The third-order valence-electron chi connectivity index (χ3n) is 5.38. The molecule has 0 spiro atoms. The van der Waals surface area contributed by atoms with Crippen LogP contribution in [0.1, 0.15) is 51.4 Å². The monoisotopic (exact) mass is 387 g/mol. The number of rotatable bonds is 5. The molecule has 1 aromatic carbocycles. The van der Waals surface area contributed by atoms with Crippen molar-refractivity contribution in [2.75, 3.05) is 5.73 Å². The van der Waals surface area contributed by atoms with Gasteiger partial charge < -0.3 is 10.3 Å². The lowest BCUT2D eigenvalue weighted by Gasteiger charge is -2.25. The van der Waals surface area contributed by atoms with Crippen LogP contribution >= 0.6 is 11.6 Å². The molecule has 0 atom stereocenters. The van der Waals surface area contributed by atoms with Gasteiger partial charge >= 0.3 is 0 Å². The van der Waals surface area contributed by atoms with Crippen LogP contribution in [-0.2, 0) is 6.42 Å². The van der Waals surface area contributed by atoms with Crippen molar-refractivity contribution in [3.63, 3.8) is 0 Å². The highest BCUT2D eigenvalue weighted by molar-refractivity contribution is 6.33. The highest BCUT2D eigenvalue weighted by Crippen LogP contribution is 2.34. The van der Waals surface area contributed by atoms with Crippen LogP contribution in [0.25, 0.3) is 22.3 Å². The molecule has 1 aliphatic carbocycles. The van der Waals surface area contributed by atoms with Crippen LogP contribution in [0.3, 0.4) is 0 Å². The van der Waals surface area contributed by atoms with E-state index in [9.17, 15) is 4.39 Å². The molecular weight excluding hydrogens is 365 g/mol. The Balaban J connectivity index is 1.82. The van der Waals surface area contributed by atoms with Gasteiger partial charge in [0, 0.05) is 18.0 Å². The maximum Gasteiger partial charge on any atom is 0.220 e. The number of nitrogens with zero attached hydrogens (tertiary/aromatic N) is 4. The van der Waals surface area contributed by atoms with E-state index >= 15 is 0 Å². The van der Waals surface area contributed by atoms with E-state index < -0.39 is 0 Å². The molecule has 0 radical (unpaired) electrons. The van der Waals surface area contributed by atoms with Gasteiger partial charge in [0.25, 0.3) is 0 Å². The van der Waals surface area contributed by atoms with Crippen molar-refractivity contribution in [2.24, 2.45) is 5.92 Å². The Morgan fingerprint density at radius 3 is 2.74 bits per heavy atom. The summed E-state index contributed by atoms with van der Waals surface area (Å²) >= 11 is 6.22. The number of aromatic nitrogens is 4. The normalized spacial score (nSPS) is 14.9. The molecule has 3 aromatic rings. The van der Waals surface area contributed by atoms with E-state index in [1.54, 1.807) is 0 Å². The summed E-state index contributed by atoms with van der Waals surface area (Å²) in [6, 6.07) is 3.49. The van der Waals surface area contributed by atoms with E-state index in [4.69, 9.17) is 17.3 Å². The lowest BCUT2D eigenvalue weighted by atomic mass is 9.82. The Morgan fingerprint density at radius 1 is 1.30 bits per heavy atom. The largest absolute Gasteiger partial charge is 0.368 e. The van der Waals surface area contributed by atoms with Gasteiger partial charge in [-0.05, 0) is 38.3 Å². The van der Waals surface area contributed by atoms with Crippen molar-refractivity contribution in [1.82, 2.24) is 19.5 Å². The van der Waals surface area contributed by atoms with Gasteiger partial charge in [-0.1, -0.05) is 30.9 Å². The molecule has 0 saturated heterocycles. The fourth-order valence-electron chi connectivity index (χ4n) is 3.79. The van der Waals surface area contributed by atoms with E-state index in [0.29, 0.717) is 21.8 Å². The summed E-state index contributed by atoms with van der Waals surface area (Å²) in [5.74, 6) is 1.46. The molecule has 4 rings (SSSR count). The van der Waals surface area contributed by atoms with Gasteiger partial charge in [-0.15, -0.1) is 0 Å². The molecule has 1 aliphatic rings. The van der Waals surface area contributed by atoms with E-state index in [1.807, 2.05) is 6.07 Å². The van der Waals surface area contributed by atoms with Crippen LogP contribution in [0, 0.1) is 11.7 Å². The van der Waals surface area contributed by atoms with E-state index in [1.165, 1.54) is 31.5 Å². The SMILES string of the molecule is CC(C)n1c(CCC2CCC2)nc2c(F)cc(-c3nc(N)ncc3Cl)cc21. The lowest BCUT2D eigenvalue weighted by Crippen LogP contribution is -2.14. The van der Waals surface area contributed by atoms with Crippen molar-refractivity contribution in [1.29, 1.82) is 0 Å². The second-order valence-electron chi connectivity index (χ2n) is 7.58. The maximum absolute atomic E-state index is 14.9. The predicted molar refractivity (Wildman–Crippen MR) is 106 cm³/mol. The fourth-order valence-corrected chi connectivity index (χ4v) is 3.99. The first-order chi connectivity index (χ1) is 12.9. The molecule has 0 amide bonds. The van der Waals surface area contributed by atoms with Crippen molar-refractivity contribution in [3.05, 3.63) is 35.0 Å². The first-order valence-corrected chi connectivity index (χ1v) is 9.80. The average Bonchev–Trinajstić information content (AvgIpc) is 2.95. The minimum absolute atomic E-state index is 0.105. The second-order valence-corrected chi connectivity index (χ2v) is 7.99. The predicted octanol–water partition coefficient (Wildman–Crippen LogP) is 5.18. The number of benzene rings is 1. The van der Waals surface area contributed by atoms with Crippen molar-refractivity contribution >= 4 is 28.6 Å². The van der Waals surface area contributed by atoms with Crippen LogP contribution in [0.2, 0.25) is 5.02 Å². The highest BCUT2D eigenvalue weighted by atomic mass is 35.5. The van der Waals surface area contributed by atoms with Gasteiger partial charge in [0.2, 0.25) is 5.95 Å². The molecule has 2 N–H and O–H groups in total. The van der Waals surface area contributed by atoms with Crippen LogP contribution < -0.4 is 5.73 Å². The molecule has 2 aromatic heterocycles. The van der Waals surface area contributed by atoms with Crippen LogP contribution in [0.4, 0.5) is 10.3 Å². The summed E-state index contributed by atoms with van der Waals surface area (Å²) < 4.78 is 17.0. The first kappa shape index (κ1) is 18.2. The molecule has 0 unspecified atom stereocenters. The second kappa shape index (κ2) is 7.08. The summed E-state index contributed by atoms with van der Waals surface area (Å²) in [4.78, 5) is 12.7. The molecule has 1 fully saturated rings. The number of fused-ring (bicyclic) bond motifs is 1. The average molecular weight is 388 g/mol. The van der Waals surface area contributed by atoms with Crippen molar-refractivity contribution in [2.45, 2.75) is 52.0 Å². The zero-order valence-corrected chi connectivity index (χ0v) is 16.3. The maximum atomic E-state index is 14.9. The molecule has 0 aliphatic heterocycles. The number of aryl methyl sites for hydroxylation is 1. The molecule has 142 valence electrons. The topological polar surface area (TPSA) is 69.6 Å². The summed E-state index contributed by atoms with van der Waals surface area (Å²) in [5.41, 5.74) is 7.85. The van der Waals surface area contributed by atoms with Crippen molar-refractivity contribution in [3.8, 4) is 11.3 Å². The Bertz CT molecular complexity index is 994. The number of nitrogens with two attached hydrogens (primary N) is 1. The molecule has 5 nitrogen and oxygen atoms in total. The third kappa shape index (κ3) is 3.38. The summed E-state index contributed by atoms with van der Waals surface area (Å²) in [6.07, 6.45) is 7.34. The molecule has 7 heteroatoms. The Morgan fingerprint density at radius 2 is 2.07 bits per heavy atom. The van der Waals surface area contributed by atoms with Gasteiger partial charge in [-0.3, -0.25) is 0 Å². The number of anilines is 1. The number of hydrogen-bond donors (Lipinski definition) is 1. The molecule has 2 heterocycles. The quantitative estimate of drug-likeness (QED) is 0.654. The minimum Gasteiger partial charge on any atom is -0.368 e. The molecular formula is C20H23ClFN5. The minimum atomic E-state index is -0.375. The standard InChI is InChI=1S/C20H23ClFN5/c1-11(2)27-16-9-13(18-14(21)10-24-20(23)26-18)8-15(22)19(16)25-17(27)7-6-12-4-3-5-12/h8-12H,3-7H2,1-2H3,(H2,23,24,26). The van der Waals surface area contributed by atoms with Crippen LogP contribution in [0.15, 0.2) is 18.3 Å². The number of hydrogen-bond acceptors (Lipinski definition) is 4. The number of halogens is 2. The zero-order chi connectivity index (χ0) is 19.1. The number of imidazole rings is 1. The van der Waals surface area contributed by atoms with Gasteiger partial charge in [0.1, 0.15) is 11.3 Å². The zero-order valence-electron chi connectivity index (χ0n) is 15.5. The molecule has 0 bridgehead atoms. The van der Waals surface area contributed by atoms with E-state index in [2.05, 4.69) is 33.4 Å². The van der Waals surface area contributed by atoms with Gasteiger partial charge in [-0.25, -0.2) is 19.3 Å². The van der Waals surface area contributed by atoms with Gasteiger partial charge in [0.05, 0.1) is 22.4 Å². The molecule has 27 heavy (non-hydrogen) atoms. The van der Waals surface area contributed by atoms with Crippen molar-refractivity contribution < 1.29 is 4.39 Å².